The molecule has 0 radical (unpaired) electrons. The molecule has 0 aromatic heterocycles. The number of hydrogen-bond acceptors (Lipinski definition) is 4. The van der Waals surface area contributed by atoms with Crippen molar-refractivity contribution in [2.75, 3.05) is 33.4 Å². The lowest BCUT2D eigenvalue weighted by Gasteiger charge is -2.28. The molecule has 1 atom stereocenters. The first-order chi connectivity index (χ1) is 10.1. The molecule has 1 unspecified atom stereocenters. The summed E-state index contributed by atoms with van der Waals surface area (Å²) in [6, 6.07) is 8.11. The second kappa shape index (κ2) is 9.71. The Morgan fingerprint density at radius 3 is 2.67 bits per heavy atom. The van der Waals surface area contributed by atoms with Crippen LogP contribution in [-0.2, 0) is 4.74 Å². The molecule has 21 heavy (non-hydrogen) atoms. The van der Waals surface area contributed by atoms with Gasteiger partial charge in [-0.2, -0.15) is 0 Å². The van der Waals surface area contributed by atoms with E-state index in [0.717, 1.165) is 37.4 Å². The average Bonchev–Trinajstić information content (AvgIpc) is 2.50. The van der Waals surface area contributed by atoms with Crippen LogP contribution in [0.3, 0.4) is 0 Å². The van der Waals surface area contributed by atoms with Gasteiger partial charge in [0.05, 0.1) is 6.61 Å². The van der Waals surface area contributed by atoms with Gasteiger partial charge in [-0.1, -0.05) is 31.3 Å². The molecule has 4 nitrogen and oxygen atoms in total. The molecule has 0 heterocycles. The highest BCUT2D eigenvalue weighted by Crippen LogP contribution is 2.13. The second-order valence-corrected chi connectivity index (χ2v) is 5.47. The second-order valence-electron chi connectivity index (χ2n) is 5.03. The van der Waals surface area contributed by atoms with Crippen LogP contribution in [0.4, 0.5) is 0 Å². The van der Waals surface area contributed by atoms with Gasteiger partial charge in [0.2, 0.25) is 0 Å². The van der Waals surface area contributed by atoms with Gasteiger partial charge in [0.15, 0.2) is 0 Å². The number of nitrogens with two attached hydrogens (primary N) is 1. The predicted octanol–water partition coefficient (Wildman–Crippen LogP) is 2.45. The predicted molar refractivity (Wildman–Crippen MR) is 91.0 cm³/mol. The zero-order valence-electron chi connectivity index (χ0n) is 13.2. The van der Waals surface area contributed by atoms with Gasteiger partial charge >= 0.3 is 0 Å². The molecule has 0 aliphatic heterocycles. The lowest BCUT2D eigenvalue weighted by molar-refractivity contribution is 0.109. The first-order valence-electron chi connectivity index (χ1n) is 7.34. The number of rotatable bonds is 10. The summed E-state index contributed by atoms with van der Waals surface area (Å²) in [6.45, 7) is 7.58. The van der Waals surface area contributed by atoms with Crippen molar-refractivity contribution < 1.29 is 9.47 Å². The smallest absolute Gasteiger partial charge is 0.120 e. The van der Waals surface area contributed by atoms with Gasteiger partial charge in [-0.3, -0.25) is 4.90 Å². The first-order valence-corrected chi connectivity index (χ1v) is 7.75. The molecule has 0 aliphatic rings. The highest BCUT2D eigenvalue weighted by molar-refractivity contribution is 7.80. The van der Waals surface area contributed by atoms with Crippen LogP contribution in [0.15, 0.2) is 24.3 Å². The van der Waals surface area contributed by atoms with E-state index < -0.39 is 0 Å². The van der Waals surface area contributed by atoms with Crippen molar-refractivity contribution in [2.45, 2.75) is 26.3 Å². The van der Waals surface area contributed by atoms with E-state index in [1.54, 1.807) is 7.11 Å². The van der Waals surface area contributed by atoms with Crippen molar-refractivity contribution in [3.8, 4) is 5.75 Å². The fourth-order valence-electron chi connectivity index (χ4n) is 2.04. The molecule has 0 saturated carbocycles. The number of thiocarbonyl (C=S) groups is 1. The monoisotopic (exact) mass is 310 g/mol. The molecular formula is C16H26N2O2S. The summed E-state index contributed by atoms with van der Waals surface area (Å²) < 4.78 is 11.0. The van der Waals surface area contributed by atoms with Crippen LogP contribution >= 0.6 is 12.2 Å². The molecule has 0 amide bonds. The third-order valence-corrected chi connectivity index (χ3v) is 3.80. The first kappa shape index (κ1) is 17.9. The summed E-state index contributed by atoms with van der Waals surface area (Å²) in [7, 11) is 1.73. The maximum atomic E-state index is 5.80. The summed E-state index contributed by atoms with van der Waals surface area (Å²) in [5.41, 5.74) is 6.46. The van der Waals surface area contributed by atoms with Crippen LogP contribution in [0.5, 0.6) is 5.75 Å². The fourth-order valence-corrected chi connectivity index (χ4v) is 2.17. The van der Waals surface area contributed by atoms with Crippen LogP contribution in [0, 0.1) is 0 Å². The Morgan fingerprint density at radius 2 is 2.05 bits per heavy atom. The number of methoxy groups -OCH3 is 1. The topological polar surface area (TPSA) is 47.7 Å². The van der Waals surface area contributed by atoms with Crippen LogP contribution in [0.25, 0.3) is 0 Å². The number of hydrogen-bond donors (Lipinski definition) is 1. The molecule has 0 spiro atoms. The zero-order valence-corrected chi connectivity index (χ0v) is 14.0. The largest absolute Gasteiger partial charge is 0.492 e. The summed E-state index contributed by atoms with van der Waals surface area (Å²) in [5.74, 6) is 0.802. The van der Waals surface area contributed by atoms with Crippen molar-refractivity contribution in [1.82, 2.24) is 4.90 Å². The van der Waals surface area contributed by atoms with Gasteiger partial charge in [0.25, 0.3) is 0 Å². The minimum absolute atomic E-state index is 0.391. The molecule has 0 fully saturated rings. The minimum Gasteiger partial charge on any atom is -0.492 e. The number of ether oxygens (including phenoxy) is 2. The number of nitrogens with zero attached hydrogens (tertiary/aromatic N) is 1. The van der Waals surface area contributed by atoms with Gasteiger partial charge in [0, 0.05) is 31.8 Å². The molecular weight excluding hydrogens is 284 g/mol. The Hall–Kier alpha value is -1.17. The lowest BCUT2D eigenvalue weighted by Crippen LogP contribution is -2.38. The Morgan fingerprint density at radius 1 is 1.33 bits per heavy atom. The molecule has 0 saturated heterocycles. The summed E-state index contributed by atoms with van der Waals surface area (Å²) in [5, 5.41) is 0. The van der Waals surface area contributed by atoms with E-state index in [4.69, 9.17) is 27.4 Å². The maximum Gasteiger partial charge on any atom is 0.120 e. The third kappa shape index (κ3) is 6.42. The fraction of sp³-hybridized carbons (Fsp3) is 0.562. The van der Waals surface area contributed by atoms with E-state index in [2.05, 4.69) is 18.7 Å². The Kier molecular flexibility index (Phi) is 8.27. The molecule has 1 aromatic rings. The van der Waals surface area contributed by atoms with Crippen LogP contribution < -0.4 is 10.5 Å². The minimum atomic E-state index is 0.391. The SMILES string of the molecule is CCC(C)N(CCOC)CCOc1cccc(C(N)=S)c1. The van der Waals surface area contributed by atoms with E-state index in [1.165, 1.54) is 0 Å². The molecule has 1 rings (SSSR count). The zero-order chi connectivity index (χ0) is 15.7. The van der Waals surface area contributed by atoms with Gasteiger partial charge in [-0.25, -0.2) is 0 Å². The molecule has 0 aliphatic carbocycles. The van der Waals surface area contributed by atoms with Crippen LogP contribution in [-0.4, -0.2) is 49.3 Å². The van der Waals surface area contributed by atoms with E-state index in [0.29, 0.717) is 17.6 Å². The average molecular weight is 310 g/mol. The van der Waals surface area contributed by atoms with Gasteiger partial charge in [-0.15, -0.1) is 0 Å². The van der Waals surface area contributed by atoms with E-state index >= 15 is 0 Å². The summed E-state index contributed by atoms with van der Waals surface area (Å²) >= 11 is 4.97. The highest BCUT2D eigenvalue weighted by atomic mass is 32.1. The van der Waals surface area contributed by atoms with Crippen molar-refractivity contribution in [3.05, 3.63) is 29.8 Å². The molecule has 0 bridgehead atoms. The van der Waals surface area contributed by atoms with Crippen LogP contribution in [0.2, 0.25) is 0 Å². The third-order valence-electron chi connectivity index (χ3n) is 3.56. The van der Waals surface area contributed by atoms with E-state index in [9.17, 15) is 0 Å². The normalized spacial score (nSPS) is 12.4. The molecule has 118 valence electrons. The van der Waals surface area contributed by atoms with Gasteiger partial charge < -0.3 is 15.2 Å². The van der Waals surface area contributed by atoms with E-state index in [1.807, 2.05) is 24.3 Å². The molecule has 1 aromatic carbocycles. The molecule has 5 heteroatoms. The maximum absolute atomic E-state index is 5.80. The van der Waals surface area contributed by atoms with Crippen LogP contribution in [0.1, 0.15) is 25.8 Å². The summed E-state index contributed by atoms with van der Waals surface area (Å²) in [6.07, 6.45) is 1.11. The van der Waals surface area contributed by atoms with Crippen molar-refractivity contribution in [3.63, 3.8) is 0 Å². The van der Waals surface area contributed by atoms with Crippen molar-refractivity contribution in [1.29, 1.82) is 0 Å². The summed E-state index contributed by atoms with van der Waals surface area (Å²) in [4.78, 5) is 2.77. The van der Waals surface area contributed by atoms with Gasteiger partial charge in [-0.05, 0) is 25.5 Å². The standard InChI is InChI=1S/C16H26N2O2S/c1-4-13(2)18(8-10-19-3)9-11-20-15-7-5-6-14(12-15)16(17)21/h5-7,12-13H,4,8-11H2,1-3H3,(H2,17,21). The van der Waals surface area contributed by atoms with E-state index in [-0.39, 0.29) is 0 Å². The Balaban J connectivity index is 2.49. The number of benzene rings is 1. The molecule has 2 N–H and O–H groups in total. The Bertz CT molecular complexity index is 440. The van der Waals surface area contributed by atoms with Crippen molar-refractivity contribution >= 4 is 17.2 Å². The Labute approximate surface area is 133 Å². The van der Waals surface area contributed by atoms with Gasteiger partial charge in [0.1, 0.15) is 17.3 Å². The highest BCUT2D eigenvalue weighted by Gasteiger charge is 2.11. The van der Waals surface area contributed by atoms with Crippen molar-refractivity contribution in [2.24, 2.45) is 5.73 Å². The quantitative estimate of drug-likeness (QED) is 0.673. The lowest BCUT2D eigenvalue weighted by atomic mass is 10.2.